The van der Waals surface area contributed by atoms with Crippen molar-refractivity contribution in [1.29, 1.82) is 0 Å². The van der Waals surface area contributed by atoms with E-state index < -0.39 is 0 Å². The quantitative estimate of drug-likeness (QED) is 0.600. The molecule has 0 bridgehead atoms. The Kier molecular flexibility index (Phi) is 3.53. The Morgan fingerprint density at radius 1 is 1.00 bits per heavy atom. The maximum atomic E-state index is 5.20. The lowest BCUT2D eigenvalue weighted by Crippen LogP contribution is -2.22. The molecule has 0 unspecified atom stereocenters. The highest BCUT2D eigenvalue weighted by Gasteiger charge is 2.16. The first-order chi connectivity index (χ1) is 7.66. The van der Waals surface area contributed by atoms with Gasteiger partial charge in [-0.25, -0.2) is 9.98 Å². The summed E-state index contributed by atoms with van der Waals surface area (Å²) in [4.78, 5) is 13.1. The third kappa shape index (κ3) is 2.58. The van der Waals surface area contributed by atoms with Gasteiger partial charge in [0, 0.05) is 40.0 Å². The summed E-state index contributed by atoms with van der Waals surface area (Å²) in [6.45, 7) is 2.16. The molecule has 0 N–H and O–H groups in total. The predicted octanol–water partition coefficient (Wildman–Crippen LogP) is 1.52. The highest BCUT2D eigenvalue weighted by molar-refractivity contribution is 7.80. The van der Waals surface area contributed by atoms with Gasteiger partial charge in [-0.05, 0) is 25.1 Å². The molecule has 0 aromatic heterocycles. The summed E-state index contributed by atoms with van der Waals surface area (Å²) in [7, 11) is 4.12. The lowest BCUT2D eigenvalue weighted by Gasteiger charge is -2.12. The van der Waals surface area contributed by atoms with Crippen LogP contribution in [0.1, 0.15) is 25.7 Å². The van der Waals surface area contributed by atoms with Crippen molar-refractivity contribution in [2.75, 3.05) is 27.2 Å². The van der Waals surface area contributed by atoms with Crippen molar-refractivity contribution in [3.8, 4) is 0 Å². The average molecular weight is 238 g/mol. The molecule has 0 amide bonds. The topological polar surface area (TPSA) is 31.2 Å². The van der Waals surface area contributed by atoms with E-state index in [9.17, 15) is 0 Å². The van der Waals surface area contributed by atoms with E-state index in [1.165, 1.54) is 12.8 Å². The molecule has 2 aliphatic heterocycles. The third-order valence-electron chi connectivity index (χ3n) is 3.12. The number of hydrogen-bond donors (Lipinski definition) is 0. The Morgan fingerprint density at radius 2 is 1.44 bits per heavy atom. The lowest BCUT2D eigenvalue weighted by molar-refractivity contribution is 0.549. The third-order valence-corrected chi connectivity index (χ3v) is 3.30. The Balaban J connectivity index is 2.03. The zero-order chi connectivity index (χ0) is 11.5. The summed E-state index contributed by atoms with van der Waals surface area (Å²) in [5.41, 5.74) is 0. The Hall–Kier alpha value is -0.970. The van der Waals surface area contributed by atoms with Crippen LogP contribution in [-0.4, -0.2) is 53.8 Å². The van der Waals surface area contributed by atoms with Crippen LogP contribution in [0.15, 0.2) is 9.98 Å². The number of aliphatic imine (C=N–C) groups is 2. The lowest BCUT2D eigenvalue weighted by atomic mass is 10.4. The highest BCUT2D eigenvalue weighted by Crippen LogP contribution is 2.12. The minimum absolute atomic E-state index is 0.479. The monoisotopic (exact) mass is 238 g/mol. The molecule has 0 aliphatic carbocycles. The fourth-order valence-electron chi connectivity index (χ4n) is 2.12. The van der Waals surface area contributed by atoms with Gasteiger partial charge in [0.15, 0.2) is 0 Å². The van der Waals surface area contributed by atoms with E-state index in [-0.39, 0.29) is 0 Å². The Morgan fingerprint density at radius 3 is 1.75 bits per heavy atom. The maximum Gasteiger partial charge on any atom is 0.222 e. The van der Waals surface area contributed by atoms with E-state index in [0.717, 1.165) is 37.6 Å². The summed E-state index contributed by atoms with van der Waals surface area (Å²) in [5, 5.41) is 0.479. The number of nitrogens with zero attached hydrogens (tertiary/aromatic N) is 4. The Bertz CT molecular complexity index is 316. The van der Waals surface area contributed by atoms with E-state index in [0.29, 0.717) is 5.11 Å². The number of amidine groups is 2. The molecule has 2 fully saturated rings. The van der Waals surface area contributed by atoms with Crippen molar-refractivity contribution in [3.05, 3.63) is 0 Å². The smallest absolute Gasteiger partial charge is 0.222 e. The molecule has 5 heteroatoms. The first kappa shape index (κ1) is 11.5. The minimum Gasteiger partial charge on any atom is -0.363 e. The fraction of sp³-hybridized carbons (Fsp3) is 0.727. The van der Waals surface area contributed by atoms with Gasteiger partial charge in [0.2, 0.25) is 5.11 Å². The van der Waals surface area contributed by atoms with Gasteiger partial charge in [-0.2, -0.15) is 0 Å². The van der Waals surface area contributed by atoms with Gasteiger partial charge < -0.3 is 9.80 Å². The summed E-state index contributed by atoms with van der Waals surface area (Å²) in [6, 6.07) is 0. The number of rotatable bonds is 0. The molecule has 0 spiro atoms. The second-order valence-corrected chi connectivity index (χ2v) is 4.75. The average Bonchev–Trinajstić information content (AvgIpc) is 2.79. The summed E-state index contributed by atoms with van der Waals surface area (Å²) in [6.07, 6.45) is 4.40. The van der Waals surface area contributed by atoms with Crippen molar-refractivity contribution < 1.29 is 0 Å². The predicted molar refractivity (Wildman–Crippen MR) is 71.2 cm³/mol. The van der Waals surface area contributed by atoms with Crippen LogP contribution in [0.3, 0.4) is 0 Å². The maximum absolute atomic E-state index is 5.20. The summed E-state index contributed by atoms with van der Waals surface area (Å²) >= 11 is 5.20. The molecular formula is C11H18N4S. The molecule has 0 atom stereocenters. The molecule has 4 nitrogen and oxygen atoms in total. The standard InChI is InChI=1S/C11H18N4S/c1-14-7-3-5-9(14)12-11(16)13-10-6-4-8-15(10)2/h3-8H2,1-2H3/b12-9-,13-10-. The van der Waals surface area contributed by atoms with Gasteiger partial charge in [-0.3, -0.25) is 0 Å². The molecule has 2 heterocycles. The van der Waals surface area contributed by atoms with Crippen molar-refractivity contribution >= 4 is 29.0 Å². The van der Waals surface area contributed by atoms with Crippen molar-refractivity contribution in [2.45, 2.75) is 25.7 Å². The molecule has 0 aromatic rings. The first-order valence-electron chi connectivity index (χ1n) is 5.78. The highest BCUT2D eigenvalue weighted by atomic mass is 32.1. The Labute approximate surface area is 102 Å². The normalized spacial score (nSPS) is 26.1. The van der Waals surface area contributed by atoms with Crippen LogP contribution in [0.25, 0.3) is 0 Å². The van der Waals surface area contributed by atoms with Crippen LogP contribution in [0.4, 0.5) is 0 Å². The van der Waals surface area contributed by atoms with E-state index in [1.807, 2.05) is 0 Å². The number of hydrogen-bond acceptors (Lipinski definition) is 1. The largest absolute Gasteiger partial charge is 0.363 e. The van der Waals surface area contributed by atoms with Crippen LogP contribution in [0.2, 0.25) is 0 Å². The molecule has 2 aliphatic rings. The number of likely N-dealkylation sites (tertiary alicyclic amines) is 2. The van der Waals surface area contributed by atoms with Gasteiger partial charge in [0.1, 0.15) is 11.7 Å². The molecular weight excluding hydrogens is 220 g/mol. The van der Waals surface area contributed by atoms with Crippen LogP contribution in [0.5, 0.6) is 0 Å². The molecule has 0 radical (unpaired) electrons. The summed E-state index contributed by atoms with van der Waals surface area (Å²) < 4.78 is 0. The van der Waals surface area contributed by atoms with E-state index in [4.69, 9.17) is 12.2 Å². The molecule has 16 heavy (non-hydrogen) atoms. The van der Waals surface area contributed by atoms with Crippen molar-refractivity contribution in [2.24, 2.45) is 9.98 Å². The molecule has 88 valence electrons. The van der Waals surface area contributed by atoms with Gasteiger partial charge in [0.25, 0.3) is 0 Å². The molecule has 0 aromatic carbocycles. The van der Waals surface area contributed by atoms with Gasteiger partial charge >= 0.3 is 0 Å². The molecule has 2 saturated heterocycles. The van der Waals surface area contributed by atoms with Gasteiger partial charge in [0.05, 0.1) is 0 Å². The second-order valence-electron chi connectivity index (χ2n) is 4.39. The van der Waals surface area contributed by atoms with Gasteiger partial charge in [-0.15, -0.1) is 0 Å². The van der Waals surface area contributed by atoms with Crippen LogP contribution in [0, 0.1) is 0 Å². The van der Waals surface area contributed by atoms with Gasteiger partial charge in [-0.1, -0.05) is 0 Å². The molecule has 2 rings (SSSR count). The number of thiocarbonyl (C=S) groups is 1. The van der Waals surface area contributed by atoms with Crippen LogP contribution >= 0.6 is 12.2 Å². The van der Waals surface area contributed by atoms with E-state index >= 15 is 0 Å². The second kappa shape index (κ2) is 4.91. The van der Waals surface area contributed by atoms with Crippen LogP contribution < -0.4 is 0 Å². The van der Waals surface area contributed by atoms with Crippen molar-refractivity contribution in [1.82, 2.24) is 9.80 Å². The van der Waals surface area contributed by atoms with E-state index in [1.54, 1.807) is 0 Å². The van der Waals surface area contributed by atoms with Crippen molar-refractivity contribution in [3.63, 3.8) is 0 Å². The van der Waals surface area contributed by atoms with E-state index in [2.05, 4.69) is 33.9 Å². The fourth-order valence-corrected chi connectivity index (χ4v) is 2.33. The zero-order valence-electron chi connectivity index (χ0n) is 9.94. The van der Waals surface area contributed by atoms with Crippen LogP contribution in [-0.2, 0) is 0 Å². The molecule has 0 saturated carbocycles. The zero-order valence-corrected chi connectivity index (χ0v) is 10.8. The first-order valence-corrected chi connectivity index (χ1v) is 6.19. The summed E-state index contributed by atoms with van der Waals surface area (Å²) in [5.74, 6) is 2.16. The minimum atomic E-state index is 0.479. The SMILES string of the molecule is CN1CCC/C1=N/C(=S)/N=C1/CCCN1C.